The zero-order valence-corrected chi connectivity index (χ0v) is 22.6. The van der Waals surface area contributed by atoms with Crippen molar-refractivity contribution in [1.82, 2.24) is 24.6 Å². The standard InChI is InChI=1S/C30H29FN6OS/c1-21-28-29(36-15-6-14-35(16-17-36)27(38)20-25-9-5-18-39-25)32-26(19-22-7-3-2-4-8-22)33-30(28)37(34-21)24-12-10-23(31)11-13-24/h2-5,7-13,18H,6,14-17,19-20H2,1H3. The molecule has 1 fully saturated rings. The van der Waals surface area contributed by atoms with E-state index >= 15 is 0 Å². The van der Waals surface area contributed by atoms with Crippen molar-refractivity contribution in [2.24, 2.45) is 0 Å². The SMILES string of the molecule is Cc1nn(-c2ccc(F)cc2)c2nc(Cc3ccccc3)nc(N3CCCN(C(=O)Cc4cccs4)CC3)c12. The minimum atomic E-state index is -0.297. The first-order valence-corrected chi connectivity index (χ1v) is 14.0. The maximum atomic E-state index is 13.7. The van der Waals surface area contributed by atoms with E-state index < -0.39 is 0 Å². The number of hydrogen-bond acceptors (Lipinski definition) is 6. The molecule has 0 saturated carbocycles. The molecule has 0 atom stereocenters. The van der Waals surface area contributed by atoms with Gasteiger partial charge in [-0.05, 0) is 54.6 Å². The molecule has 0 bridgehead atoms. The Hall–Kier alpha value is -4.11. The molecule has 0 N–H and O–H groups in total. The first-order valence-electron chi connectivity index (χ1n) is 13.2. The fraction of sp³-hybridized carbons (Fsp3) is 0.267. The highest BCUT2D eigenvalue weighted by Gasteiger charge is 2.25. The van der Waals surface area contributed by atoms with Gasteiger partial charge in [-0.1, -0.05) is 36.4 Å². The number of anilines is 1. The van der Waals surface area contributed by atoms with E-state index in [1.807, 2.05) is 47.5 Å². The second-order valence-corrected chi connectivity index (χ2v) is 10.8. The predicted molar refractivity (Wildman–Crippen MR) is 152 cm³/mol. The fourth-order valence-electron chi connectivity index (χ4n) is 5.11. The normalized spacial score (nSPS) is 14.1. The highest BCUT2D eigenvalue weighted by atomic mass is 32.1. The smallest absolute Gasteiger partial charge is 0.227 e. The van der Waals surface area contributed by atoms with Crippen LogP contribution in [-0.4, -0.2) is 56.7 Å². The summed E-state index contributed by atoms with van der Waals surface area (Å²) in [4.78, 5) is 28.4. The van der Waals surface area contributed by atoms with E-state index in [2.05, 4.69) is 17.0 Å². The van der Waals surface area contributed by atoms with Crippen molar-refractivity contribution in [1.29, 1.82) is 0 Å². The minimum Gasteiger partial charge on any atom is -0.354 e. The van der Waals surface area contributed by atoms with Crippen LogP contribution in [0.25, 0.3) is 16.7 Å². The van der Waals surface area contributed by atoms with E-state index in [1.165, 1.54) is 12.1 Å². The van der Waals surface area contributed by atoms with Crippen LogP contribution in [0, 0.1) is 12.7 Å². The number of thiophene rings is 1. The molecule has 7 nitrogen and oxygen atoms in total. The molecule has 39 heavy (non-hydrogen) atoms. The van der Waals surface area contributed by atoms with Crippen LogP contribution in [0.2, 0.25) is 0 Å². The second-order valence-electron chi connectivity index (χ2n) is 9.78. The summed E-state index contributed by atoms with van der Waals surface area (Å²) >= 11 is 1.62. The highest BCUT2D eigenvalue weighted by molar-refractivity contribution is 7.10. The van der Waals surface area contributed by atoms with Gasteiger partial charge in [-0.2, -0.15) is 5.10 Å². The third-order valence-electron chi connectivity index (χ3n) is 7.06. The van der Waals surface area contributed by atoms with Gasteiger partial charge in [0, 0.05) is 37.5 Å². The quantitative estimate of drug-likeness (QED) is 0.296. The third kappa shape index (κ3) is 5.40. The maximum Gasteiger partial charge on any atom is 0.227 e. The van der Waals surface area contributed by atoms with E-state index in [4.69, 9.17) is 15.1 Å². The molecule has 0 aliphatic carbocycles. The average molecular weight is 541 g/mol. The molecular formula is C30H29FN6OS. The highest BCUT2D eigenvalue weighted by Crippen LogP contribution is 2.30. The Bertz CT molecular complexity index is 1580. The van der Waals surface area contributed by atoms with E-state index in [9.17, 15) is 9.18 Å². The van der Waals surface area contributed by atoms with E-state index in [1.54, 1.807) is 28.2 Å². The van der Waals surface area contributed by atoms with Gasteiger partial charge in [0.1, 0.15) is 17.5 Å². The average Bonchev–Trinajstić information content (AvgIpc) is 3.49. The van der Waals surface area contributed by atoms with Gasteiger partial charge >= 0.3 is 0 Å². The summed E-state index contributed by atoms with van der Waals surface area (Å²) in [5.41, 5.74) is 3.37. The Labute approximate surface area is 230 Å². The zero-order valence-electron chi connectivity index (χ0n) is 21.8. The minimum absolute atomic E-state index is 0.164. The molecule has 9 heteroatoms. The first kappa shape index (κ1) is 25.2. The number of amides is 1. The Morgan fingerprint density at radius 1 is 0.949 bits per heavy atom. The maximum absolute atomic E-state index is 13.7. The van der Waals surface area contributed by atoms with Gasteiger partial charge in [0.05, 0.1) is 23.2 Å². The van der Waals surface area contributed by atoms with Crippen molar-refractivity contribution >= 4 is 34.1 Å². The van der Waals surface area contributed by atoms with Gasteiger partial charge in [-0.3, -0.25) is 4.79 Å². The molecule has 6 rings (SSSR count). The summed E-state index contributed by atoms with van der Waals surface area (Å²) in [6.45, 7) is 4.77. The number of carbonyl (C=O) groups is 1. The lowest BCUT2D eigenvalue weighted by Gasteiger charge is -2.24. The van der Waals surface area contributed by atoms with Gasteiger partial charge in [-0.25, -0.2) is 19.0 Å². The molecule has 198 valence electrons. The van der Waals surface area contributed by atoms with Crippen LogP contribution in [0.5, 0.6) is 0 Å². The van der Waals surface area contributed by atoms with E-state index in [0.717, 1.165) is 52.5 Å². The lowest BCUT2D eigenvalue weighted by molar-refractivity contribution is -0.130. The molecule has 1 aliphatic rings. The summed E-state index contributed by atoms with van der Waals surface area (Å²) < 4.78 is 15.5. The predicted octanol–water partition coefficient (Wildman–Crippen LogP) is 5.20. The Morgan fingerprint density at radius 3 is 2.54 bits per heavy atom. The van der Waals surface area contributed by atoms with Crippen molar-refractivity contribution in [3.05, 3.63) is 99.9 Å². The topological polar surface area (TPSA) is 67.2 Å². The molecule has 1 amide bonds. The van der Waals surface area contributed by atoms with Crippen molar-refractivity contribution in [3.63, 3.8) is 0 Å². The Morgan fingerprint density at radius 2 is 1.77 bits per heavy atom. The molecule has 2 aromatic carbocycles. The lowest BCUT2D eigenvalue weighted by Crippen LogP contribution is -2.36. The molecule has 1 saturated heterocycles. The van der Waals surface area contributed by atoms with Crippen LogP contribution < -0.4 is 4.90 Å². The van der Waals surface area contributed by atoms with Gasteiger partial charge in [-0.15, -0.1) is 11.3 Å². The first-order chi connectivity index (χ1) is 19.0. The number of hydrogen-bond donors (Lipinski definition) is 0. The van der Waals surface area contributed by atoms with Crippen LogP contribution in [0.1, 0.15) is 28.4 Å². The largest absolute Gasteiger partial charge is 0.354 e. The summed E-state index contributed by atoms with van der Waals surface area (Å²) in [6.07, 6.45) is 1.87. The van der Waals surface area contributed by atoms with Crippen LogP contribution in [0.15, 0.2) is 72.1 Å². The van der Waals surface area contributed by atoms with Crippen LogP contribution in [0.3, 0.4) is 0 Å². The third-order valence-corrected chi connectivity index (χ3v) is 7.94. The monoisotopic (exact) mass is 540 g/mol. The number of rotatable bonds is 6. The van der Waals surface area contributed by atoms with Gasteiger partial charge in [0.2, 0.25) is 5.91 Å². The number of carbonyl (C=O) groups excluding carboxylic acids is 1. The zero-order chi connectivity index (χ0) is 26.8. The van der Waals surface area contributed by atoms with E-state index in [0.29, 0.717) is 37.4 Å². The molecule has 0 spiro atoms. The molecule has 3 aromatic heterocycles. The Balaban J connectivity index is 1.36. The Kier molecular flexibility index (Phi) is 7.06. The van der Waals surface area contributed by atoms with Crippen LogP contribution >= 0.6 is 11.3 Å². The second kappa shape index (κ2) is 10.9. The molecule has 0 unspecified atom stereocenters. The summed E-state index contributed by atoms with van der Waals surface area (Å²) in [5, 5.41) is 7.70. The number of aryl methyl sites for hydroxylation is 1. The number of nitrogens with zero attached hydrogens (tertiary/aromatic N) is 6. The number of fused-ring (bicyclic) bond motifs is 1. The van der Waals surface area contributed by atoms with Crippen molar-refractivity contribution in [2.75, 3.05) is 31.1 Å². The lowest BCUT2D eigenvalue weighted by atomic mass is 10.1. The molecule has 5 aromatic rings. The molecular weight excluding hydrogens is 511 g/mol. The molecule has 1 aliphatic heterocycles. The summed E-state index contributed by atoms with van der Waals surface area (Å²) in [6, 6.07) is 20.4. The van der Waals surface area contributed by atoms with Crippen molar-refractivity contribution < 1.29 is 9.18 Å². The van der Waals surface area contributed by atoms with Crippen molar-refractivity contribution in [2.45, 2.75) is 26.2 Å². The number of halogens is 1. The van der Waals surface area contributed by atoms with Gasteiger partial charge < -0.3 is 9.80 Å². The molecule has 4 heterocycles. The van der Waals surface area contributed by atoms with Crippen LogP contribution in [0.4, 0.5) is 10.2 Å². The molecule has 0 radical (unpaired) electrons. The number of aromatic nitrogens is 4. The van der Waals surface area contributed by atoms with Crippen molar-refractivity contribution in [3.8, 4) is 5.69 Å². The van der Waals surface area contributed by atoms with Crippen LogP contribution in [-0.2, 0) is 17.6 Å². The summed E-state index contributed by atoms with van der Waals surface area (Å²) in [7, 11) is 0. The fourth-order valence-corrected chi connectivity index (χ4v) is 5.80. The van der Waals surface area contributed by atoms with E-state index in [-0.39, 0.29) is 11.7 Å². The van der Waals surface area contributed by atoms with Gasteiger partial charge in [0.15, 0.2) is 5.65 Å². The number of benzene rings is 2. The summed E-state index contributed by atoms with van der Waals surface area (Å²) in [5.74, 6) is 1.40. The van der Waals surface area contributed by atoms with Gasteiger partial charge in [0.25, 0.3) is 0 Å².